The molecule has 0 heterocycles. The van der Waals surface area contributed by atoms with Crippen LogP contribution < -0.4 is 0 Å². The van der Waals surface area contributed by atoms with Crippen LogP contribution in [-0.2, 0) is 13.8 Å². The number of aliphatic hydroxyl groups excluding tert-OH is 1. The Balaban J connectivity index is 0. The minimum atomic E-state index is -2.86. The fourth-order valence-electron chi connectivity index (χ4n) is 0.318. The summed E-state index contributed by atoms with van der Waals surface area (Å²) < 4.78 is 18.7. The first-order valence-corrected chi connectivity index (χ1v) is 5.99. The Bertz CT molecular complexity index is 118. The summed E-state index contributed by atoms with van der Waals surface area (Å²) >= 11 is 0. The summed E-state index contributed by atoms with van der Waals surface area (Å²) in [5, 5.41) is 8.25. The molecule has 0 aromatic carbocycles. The van der Waals surface area contributed by atoms with Gasteiger partial charge in [-0.3, -0.25) is 9.09 Å². The molecular formula is C8H21O5P. The van der Waals surface area contributed by atoms with E-state index in [1.807, 2.05) is 0 Å². The number of aliphatic hydroxyl groups is 1. The molecule has 1 atom stereocenters. The van der Waals surface area contributed by atoms with Crippen molar-refractivity contribution in [1.29, 1.82) is 0 Å². The van der Waals surface area contributed by atoms with Crippen molar-refractivity contribution < 1.29 is 23.8 Å². The zero-order chi connectivity index (χ0) is 11.2. The third-order valence-corrected chi connectivity index (χ3v) is 1.58. The van der Waals surface area contributed by atoms with E-state index in [1.54, 1.807) is 0 Å². The van der Waals surface area contributed by atoms with Crippen molar-refractivity contribution in [3.05, 3.63) is 0 Å². The van der Waals surface area contributed by atoms with Crippen LogP contribution in [0.1, 0.15) is 33.1 Å². The van der Waals surface area contributed by atoms with Gasteiger partial charge in [0.15, 0.2) is 6.79 Å². The number of hydrogen-bond donors (Lipinski definition) is 2. The van der Waals surface area contributed by atoms with Gasteiger partial charge in [0.2, 0.25) is 0 Å². The minimum absolute atomic E-state index is 0.0499. The van der Waals surface area contributed by atoms with Crippen molar-refractivity contribution in [3.8, 4) is 0 Å². The lowest BCUT2D eigenvalue weighted by atomic mass is 10.4. The van der Waals surface area contributed by atoms with Crippen LogP contribution in [0.15, 0.2) is 0 Å². The van der Waals surface area contributed by atoms with Crippen molar-refractivity contribution in [3.63, 3.8) is 0 Å². The molecular weight excluding hydrogens is 207 g/mol. The predicted octanol–water partition coefficient (Wildman–Crippen LogP) is 1.55. The van der Waals surface area contributed by atoms with Crippen LogP contribution in [0.5, 0.6) is 0 Å². The molecule has 0 saturated heterocycles. The molecule has 14 heavy (non-hydrogen) atoms. The molecule has 0 amide bonds. The predicted molar refractivity (Wildman–Crippen MR) is 55.4 cm³/mol. The molecule has 0 aliphatic rings. The molecule has 0 aliphatic heterocycles. The molecule has 0 rings (SSSR count). The molecule has 88 valence electrons. The lowest BCUT2D eigenvalue weighted by molar-refractivity contribution is 0.00843. The molecule has 0 saturated carbocycles. The molecule has 5 nitrogen and oxygen atoms in total. The normalized spacial score (nSPS) is 11.7. The van der Waals surface area contributed by atoms with Crippen molar-refractivity contribution in [2.45, 2.75) is 33.1 Å². The molecule has 6 heteroatoms. The Labute approximate surface area is 86.0 Å². The molecule has 0 aliphatic carbocycles. The van der Waals surface area contributed by atoms with E-state index in [-0.39, 0.29) is 13.4 Å². The topological polar surface area (TPSA) is 76.0 Å². The Hall–Kier alpha value is 0.0700. The van der Waals surface area contributed by atoms with Gasteiger partial charge in [-0.15, -0.1) is 0 Å². The third kappa shape index (κ3) is 22.7. The lowest BCUT2D eigenvalue weighted by Gasteiger charge is -2.00. The Kier molecular flexibility index (Phi) is 18.3. The van der Waals surface area contributed by atoms with Crippen LogP contribution in [-0.4, -0.2) is 30.0 Å². The van der Waals surface area contributed by atoms with Crippen LogP contribution in [0.4, 0.5) is 0 Å². The van der Waals surface area contributed by atoms with Crippen molar-refractivity contribution in [2.75, 3.05) is 20.0 Å². The van der Waals surface area contributed by atoms with E-state index in [9.17, 15) is 4.57 Å². The van der Waals surface area contributed by atoms with Gasteiger partial charge in [0.25, 0.3) is 0 Å². The summed E-state index contributed by atoms with van der Waals surface area (Å²) in [6.45, 7) is 4.56. The smallest absolute Gasteiger partial charge is 0.318 e. The molecule has 0 aromatic heterocycles. The third-order valence-electron chi connectivity index (χ3n) is 1.21. The zero-order valence-corrected chi connectivity index (χ0v) is 9.86. The standard InChI is InChI=1S/C4H11O5P.C4H10/c5-2-1-3-8-4-9-10(6)7;1-3-4-2/h5,10H,1-4H2,(H,6,7);3-4H2,1-2H3. The van der Waals surface area contributed by atoms with Gasteiger partial charge in [0, 0.05) is 6.61 Å². The average Bonchev–Trinajstić information content (AvgIpc) is 2.18. The fourth-order valence-corrected chi connectivity index (χ4v) is 0.502. The second-order valence-corrected chi connectivity index (χ2v) is 3.33. The average molecular weight is 228 g/mol. The molecule has 0 fully saturated rings. The maximum Gasteiger partial charge on any atom is 0.318 e. The Morgan fingerprint density at radius 2 is 1.86 bits per heavy atom. The van der Waals surface area contributed by atoms with E-state index in [0.29, 0.717) is 13.0 Å². The highest BCUT2D eigenvalue weighted by Crippen LogP contribution is 2.13. The number of unbranched alkanes of at least 4 members (excludes halogenated alkanes) is 1. The van der Waals surface area contributed by atoms with Crippen LogP contribution in [0.2, 0.25) is 0 Å². The van der Waals surface area contributed by atoms with Crippen LogP contribution in [0, 0.1) is 0 Å². The van der Waals surface area contributed by atoms with E-state index in [1.165, 1.54) is 12.8 Å². The quantitative estimate of drug-likeness (QED) is 0.393. The zero-order valence-electron chi connectivity index (χ0n) is 8.86. The summed E-state index contributed by atoms with van der Waals surface area (Å²) in [7, 11) is -2.86. The van der Waals surface area contributed by atoms with Gasteiger partial charge in [-0.2, -0.15) is 0 Å². The minimum Gasteiger partial charge on any atom is -0.396 e. The van der Waals surface area contributed by atoms with Crippen molar-refractivity contribution >= 4 is 8.25 Å². The molecule has 1 unspecified atom stereocenters. The van der Waals surface area contributed by atoms with E-state index >= 15 is 0 Å². The van der Waals surface area contributed by atoms with Gasteiger partial charge in [-0.05, 0) is 6.42 Å². The first kappa shape index (κ1) is 16.5. The van der Waals surface area contributed by atoms with E-state index in [0.717, 1.165) is 0 Å². The molecule has 0 bridgehead atoms. The lowest BCUT2D eigenvalue weighted by Crippen LogP contribution is -1.99. The molecule has 2 N–H and O–H groups in total. The number of hydrogen-bond acceptors (Lipinski definition) is 4. The van der Waals surface area contributed by atoms with Gasteiger partial charge in [0.1, 0.15) is 0 Å². The second-order valence-electron chi connectivity index (χ2n) is 2.51. The van der Waals surface area contributed by atoms with Crippen molar-refractivity contribution in [2.24, 2.45) is 0 Å². The number of rotatable bonds is 7. The summed E-state index contributed by atoms with van der Waals surface area (Å²) in [5.74, 6) is 0. The Morgan fingerprint density at radius 1 is 1.29 bits per heavy atom. The Morgan fingerprint density at radius 3 is 2.21 bits per heavy atom. The van der Waals surface area contributed by atoms with Crippen LogP contribution >= 0.6 is 8.25 Å². The van der Waals surface area contributed by atoms with Crippen molar-refractivity contribution in [1.82, 2.24) is 0 Å². The SMILES string of the molecule is CCCC.O=[PH](O)OCOCCCO. The summed E-state index contributed by atoms with van der Waals surface area (Å²) in [6.07, 6.45) is 3.15. The second kappa shape index (κ2) is 15.5. The maximum atomic E-state index is 9.87. The van der Waals surface area contributed by atoms with E-state index in [2.05, 4.69) is 23.1 Å². The maximum absolute atomic E-state index is 9.87. The first-order valence-electron chi connectivity index (χ1n) is 4.73. The number of ether oxygens (including phenoxy) is 1. The summed E-state index contributed by atoms with van der Waals surface area (Å²) in [5.41, 5.74) is 0. The van der Waals surface area contributed by atoms with E-state index in [4.69, 9.17) is 10.00 Å². The van der Waals surface area contributed by atoms with Gasteiger partial charge in [0.05, 0.1) is 6.61 Å². The van der Waals surface area contributed by atoms with Gasteiger partial charge in [-0.1, -0.05) is 26.7 Å². The highest BCUT2D eigenvalue weighted by atomic mass is 31.1. The molecule has 0 aromatic rings. The van der Waals surface area contributed by atoms with Crippen LogP contribution in [0.25, 0.3) is 0 Å². The fraction of sp³-hybridized carbons (Fsp3) is 1.00. The molecule has 0 radical (unpaired) electrons. The summed E-state index contributed by atoms with van der Waals surface area (Å²) in [6, 6.07) is 0. The van der Waals surface area contributed by atoms with Crippen LogP contribution in [0.3, 0.4) is 0 Å². The molecule has 0 spiro atoms. The highest BCUT2D eigenvalue weighted by Gasteiger charge is 1.90. The van der Waals surface area contributed by atoms with Gasteiger partial charge >= 0.3 is 8.25 Å². The van der Waals surface area contributed by atoms with E-state index < -0.39 is 8.25 Å². The highest BCUT2D eigenvalue weighted by molar-refractivity contribution is 7.32. The summed E-state index contributed by atoms with van der Waals surface area (Å²) in [4.78, 5) is 8.10. The van der Waals surface area contributed by atoms with Gasteiger partial charge < -0.3 is 14.7 Å². The van der Waals surface area contributed by atoms with Gasteiger partial charge in [-0.25, -0.2) is 0 Å². The monoisotopic (exact) mass is 228 g/mol. The first-order chi connectivity index (χ1) is 6.68. The largest absolute Gasteiger partial charge is 0.396 e.